The van der Waals surface area contributed by atoms with Gasteiger partial charge in [0, 0.05) is 30.8 Å². The second-order valence-electron chi connectivity index (χ2n) is 7.37. The summed E-state index contributed by atoms with van der Waals surface area (Å²) in [6.07, 6.45) is 1.59. The van der Waals surface area contributed by atoms with Crippen LogP contribution in [0.4, 0.5) is 0 Å². The molecule has 2 aromatic rings. The van der Waals surface area contributed by atoms with Crippen molar-refractivity contribution >= 4 is 11.8 Å². The van der Waals surface area contributed by atoms with Gasteiger partial charge in [0.05, 0.1) is 32.3 Å². The van der Waals surface area contributed by atoms with Crippen molar-refractivity contribution in [3.63, 3.8) is 0 Å². The number of ketones is 1. The van der Waals surface area contributed by atoms with Gasteiger partial charge in [-0.2, -0.15) is 0 Å². The van der Waals surface area contributed by atoms with E-state index in [0.29, 0.717) is 43.0 Å². The summed E-state index contributed by atoms with van der Waals surface area (Å²) in [5, 5.41) is 20.3. The van der Waals surface area contributed by atoms with Crippen molar-refractivity contribution in [3.05, 3.63) is 65.0 Å². The summed E-state index contributed by atoms with van der Waals surface area (Å²) in [7, 11) is 1.29. The van der Waals surface area contributed by atoms with Crippen LogP contribution < -0.4 is 4.74 Å². The van der Waals surface area contributed by atoms with Crippen LogP contribution in [-0.4, -0.2) is 60.3 Å². The Hall–Kier alpha value is -3.52. The number of hydrogen-bond donors (Lipinski definition) is 2. The quantitative estimate of drug-likeness (QED) is 0.556. The average molecular weight is 425 g/mol. The first-order chi connectivity index (χ1) is 15.0. The molecule has 1 unspecified atom stereocenters. The summed E-state index contributed by atoms with van der Waals surface area (Å²) in [5.41, 5.74) is 1.31. The number of phenolic OH excluding ortho intramolecular Hbond substituents is 2. The number of aromatic hydroxyl groups is 2. The van der Waals surface area contributed by atoms with Crippen LogP contribution in [0.15, 0.2) is 48.4 Å². The zero-order valence-corrected chi connectivity index (χ0v) is 17.0. The molecule has 0 aromatic heterocycles. The molecule has 2 heterocycles. The van der Waals surface area contributed by atoms with Crippen molar-refractivity contribution in [3.8, 4) is 17.2 Å². The van der Waals surface area contributed by atoms with Gasteiger partial charge in [0.2, 0.25) is 5.78 Å². The number of nitrogens with zero attached hydrogens (tertiary/aromatic N) is 1. The molecule has 0 radical (unpaired) electrons. The molecule has 162 valence electrons. The van der Waals surface area contributed by atoms with Gasteiger partial charge >= 0.3 is 5.97 Å². The Morgan fingerprint density at radius 3 is 2.55 bits per heavy atom. The van der Waals surface area contributed by atoms with Gasteiger partial charge in [-0.3, -0.25) is 9.59 Å². The third kappa shape index (κ3) is 4.20. The lowest BCUT2D eigenvalue weighted by Crippen LogP contribution is -2.32. The number of carbonyl (C=O) groups is 2. The number of hydrogen-bond acceptors (Lipinski definition) is 8. The highest BCUT2D eigenvalue weighted by Gasteiger charge is 2.35. The maximum atomic E-state index is 13.0. The van der Waals surface area contributed by atoms with Crippen LogP contribution in [0.5, 0.6) is 17.2 Å². The van der Waals surface area contributed by atoms with Gasteiger partial charge in [0.25, 0.3) is 0 Å². The van der Waals surface area contributed by atoms with E-state index < -0.39 is 11.9 Å². The molecule has 8 heteroatoms. The Kier molecular flexibility index (Phi) is 5.81. The van der Waals surface area contributed by atoms with Gasteiger partial charge in [-0.1, -0.05) is 12.1 Å². The summed E-state index contributed by atoms with van der Waals surface area (Å²) < 4.78 is 16.1. The second kappa shape index (κ2) is 8.69. The van der Waals surface area contributed by atoms with Crippen LogP contribution in [0.25, 0.3) is 0 Å². The van der Waals surface area contributed by atoms with E-state index in [9.17, 15) is 19.8 Å². The molecular weight excluding hydrogens is 402 g/mol. The number of Topliss-reactive ketones (excluding diaryl/α,β-unsaturated/α-hetero) is 1. The molecule has 2 aliphatic rings. The van der Waals surface area contributed by atoms with E-state index in [-0.39, 0.29) is 35.2 Å². The lowest BCUT2D eigenvalue weighted by Gasteiger charge is -2.25. The van der Waals surface area contributed by atoms with E-state index in [2.05, 4.69) is 0 Å². The number of methoxy groups -OCH3 is 1. The summed E-state index contributed by atoms with van der Waals surface area (Å²) in [4.78, 5) is 27.1. The van der Waals surface area contributed by atoms with Gasteiger partial charge in [-0.05, 0) is 29.8 Å². The summed E-state index contributed by atoms with van der Waals surface area (Å²) in [5.74, 6) is -1.04. The number of rotatable bonds is 5. The smallest absolute Gasteiger partial charge is 0.306 e. The molecule has 0 spiro atoms. The lowest BCUT2D eigenvalue weighted by molar-refractivity contribution is -0.140. The number of carbonyl (C=O) groups excluding carboxylic acids is 2. The molecule has 31 heavy (non-hydrogen) atoms. The molecule has 2 aliphatic heterocycles. The SMILES string of the molecule is COC(=O)CC(c1ccc(O)cc1)c1c(O)ccc2c1OC(=CN1CCOCC1)C2=O. The molecule has 1 saturated heterocycles. The summed E-state index contributed by atoms with van der Waals surface area (Å²) in [6, 6.07) is 9.25. The van der Waals surface area contributed by atoms with Gasteiger partial charge in [-0.25, -0.2) is 0 Å². The molecule has 0 bridgehead atoms. The van der Waals surface area contributed by atoms with E-state index in [4.69, 9.17) is 14.2 Å². The zero-order chi connectivity index (χ0) is 22.0. The Labute approximate surface area is 179 Å². The number of phenols is 2. The minimum atomic E-state index is -0.640. The number of benzene rings is 2. The van der Waals surface area contributed by atoms with E-state index >= 15 is 0 Å². The number of ether oxygens (including phenoxy) is 3. The first-order valence-corrected chi connectivity index (χ1v) is 9.95. The fraction of sp³-hybridized carbons (Fsp3) is 0.304. The Morgan fingerprint density at radius 1 is 1.16 bits per heavy atom. The summed E-state index contributed by atoms with van der Waals surface area (Å²) in [6.45, 7) is 2.43. The summed E-state index contributed by atoms with van der Waals surface area (Å²) >= 11 is 0. The Balaban J connectivity index is 1.76. The fourth-order valence-electron chi connectivity index (χ4n) is 3.80. The molecule has 2 N–H and O–H groups in total. The van der Waals surface area contributed by atoms with E-state index in [1.807, 2.05) is 4.90 Å². The van der Waals surface area contributed by atoms with Crippen molar-refractivity contribution in [1.29, 1.82) is 0 Å². The third-order valence-electron chi connectivity index (χ3n) is 5.44. The van der Waals surface area contributed by atoms with Crippen LogP contribution in [0.3, 0.4) is 0 Å². The van der Waals surface area contributed by atoms with Crippen LogP contribution in [0, 0.1) is 0 Å². The van der Waals surface area contributed by atoms with Crippen LogP contribution in [0.2, 0.25) is 0 Å². The number of morpholine rings is 1. The van der Waals surface area contributed by atoms with Crippen molar-refractivity contribution in [2.75, 3.05) is 33.4 Å². The van der Waals surface area contributed by atoms with Crippen LogP contribution in [-0.2, 0) is 14.3 Å². The first kappa shape index (κ1) is 20.7. The maximum absolute atomic E-state index is 13.0. The predicted molar refractivity (Wildman–Crippen MR) is 110 cm³/mol. The van der Waals surface area contributed by atoms with Crippen molar-refractivity contribution < 1.29 is 34.0 Å². The van der Waals surface area contributed by atoms with Gasteiger partial charge < -0.3 is 29.3 Å². The van der Waals surface area contributed by atoms with Crippen molar-refractivity contribution in [1.82, 2.24) is 4.90 Å². The third-order valence-corrected chi connectivity index (χ3v) is 5.44. The first-order valence-electron chi connectivity index (χ1n) is 9.95. The number of allylic oxidation sites excluding steroid dienone is 1. The molecule has 4 rings (SSSR count). The van der Waals surface area contributed by atoms with Gasteiger partial charge in [0.15, 0.2) is 5.76 Å². The molecule has 1 fully saturated rings. The highest BCUT2D eigenvalue weighted by Crippen LogP contribution is 2.46. The minimum Gasteiger partial charge on any atom is -0.508 e. The normalized spacial score (nSPS) is 17.9. The predicted octanol–water partition coefficient (Wildman–Crippen LogP) is 2.54. The van der Waals surface area contributed by atoms with Crippen LogP contribution >= 0.6 is 0 Å². The van der Waals surface area contributed by atoms with Crippen molar-refractivity contribution in [2.45, 2.75) is 12.3 Å². The monoisotopic (exact) mass is 425 g/mol. The van der Waals surface area contributed by atoms with Crippen LogP contribution in [0.1, 0.15) is 33.8 Å². The Bertz CT molecular complexity index is 1020. The molecule has 2 aromatic carbocycles. The fourth-order valence-corrected chi connectivity index (χ4v) is 3.80. The highest BCUT2D eigenvalue weighted by atomic mass is 16.5. The lowest BCUT2D eigenvalue weighted by atomic mass is 9.86. The van der Waals surface area contributed by atoms with E-state index in [1.165, 1.54) is 31.4 Å². The standard InChI is InChI=1S/C23H23NO7/c1-29-20(27)12-17(14-2-4-15(25)5-3-14)21-18(26)7-6-16-22(28)19(31-23(16)21)13-24-8-10-30-11-9-24/h2-7,13,17,25-26H,8-12H2,1H3. The van der Waals surface area contributed by atoms with Crippen molar-refractivity contribution in [2.24, 2.45) is 0 Å². The molecular formula is C23H23NO7. The molecule has 1 atom stereocenters. The molecule has 0 saturated carbocycles. The molecule has 0 aliphatic carbocycles. The largest absolute Gasteiger partial charge is 0.508 e. The van der Waals surface area contributed by atoms with Gasteiger partial charge in [-0.15, -0.1) is 0 Å². The molecule has 8 nitrogen and oxygen atoms in total. The maximum Gasteiger partial charge on any atom is 0.306 e. The highest BCUT2D eigenvalue weighted by molar-refractivity contribution is 6.12. The van der Waals surface area contributed by atoms with E-state index in [0.717, 1.165) is 0 Å². The minimum absolute atomic E-state index is 0.0743. The Morgan fingerprint density at radius 2 is 1.87 bits per heavy atom. The number of esters is 1. The van der Waals surface area contributed by atoms with E-state index in [1.54, 1.807) is 18.3 Å². The average Bonchev–Trinajstić information content (AvgIpc) is 3.09. The number of fused-ring (bicyclic) bond motifs is 1. The zero-order valence-electron chi connectivity index (χ0n) is 17.0. The topological polar surface area (TPSA) is 106 Å². The second-order valence-corrected chi connectivity index (χ2v) is 7.37. The molecule has 0 amide bonds. The van der Waals surface area contributed by atoms with Gasteiger partial charge in [0.1, 0.15) is 17.2 Å².